The van der Waals surface area contributed by atoms with Crippen LogP contribution in [0.15, 0.2) is 29.8 Å². The molecular weight excluding hydrogens is 384 g/mol. The fraction of sp³-hybridized carbons (Fsp3) is 0.471. The predicted molar refractivity (Wildman–Crippen MR) is 91.3 cm³/mol. The summed E-state index contributed by atoms with van der Waals surface area (Å²) in [6, 6.07) is 2.41. The zero-order valence-electron chi connectivity index (χ0n) is 14.5. The Morgan fingerprint density at radius 2 is 2.04 bits per heavy atom. The minimum Gasteiger partial charge on any atom is -0.463 e. The molecule has 1 unspecified atom stereocenters. The first kappa shape index (κ1) is 19.7. The lowest BCUT2D eigenvalue weighted by molar-refractivity contribution is -0.143. The van der Waals surface area contributed by atoms with Crippen molar-refractivity contribution >= 4 is 21.7 Å². The number of ether oxygens (including phenoxy) is 3. The Labute approximate surface area is 155 Å². The van der Waals surface area contributed by atoms with Gasteiger partial charge in [-0.05, 0) is 31.6 Å². The molecule has 3 rings (SSSR count). The summed E-state index contributed by atoms with van der Waals surface area (Å²) in [5.74, 6) is -3.73. The Morgan fingerprint density at radius 1 is 1.33 bits per heavy atom. The zero-order valence-corrected chi connectivity index (χ0v) is 15.4. The first-order valence-electron chi connectivity index (χ1n) is 8.41. The van der Waals surface area contributed by atoms with E-state index in [1.165, 1.54) is 6.08 Å². The second kappa shape index (κ2) is 7.53. The van der Waals surface area contributed by atoms with Gasteiger partial charge in [0.05, 0.1) is 31.1 Å². The molecule has 1 fully saturated rings. The number of hydrogen-bond acceptors (Lipinski definition) is 6. The lowest BCUT2D eigenvalue weighted by Gasteiger charge is -2.33. The minimum absolute atomic E-state index is 0.0169. The molecule has 1 heterocycles. The Morgan fingerprint density at radius 3 is 2.70 bits per heavy atom. The van der Waals surface area contributed by atoms with Crippen molar-refractivity contribution in [3.8, 4) is 0 Å². The topological polar surface area (TPSA) is 90.9 Å². The van der Waals surface area contributed by atoms with Crippen molar-refractivity contribution in [1.29, 1.82) is 0 Å². The maximum atomic E-state index is 13.8. The molecule has 27 heavy (non-hydrogen) atoms. The average Bonchev–Trinajstić information content (AvgIpc) is 3.05. The van der Waals surface area contributed by atoms with Crippen LogP contribution in [0.1, 0.15) is 19.8 Å². The number of esters is 1. The summed E-state index contributed by atoms with van der Waals surface area (Å²) in [6.07, 6.45) is 1.48. The molecule has 1 aliphatic heterocycles. The van der Waals surface area contributed by atoms with E-state index < -0.39 is 44.4 Å². The average molecular weight is 403 g/mol. The number of nitrogens with one attached hydrogen (secondary N) is 1. The largest absolute Gasteiger partial charge is 0.463 e. The van der Waals surface area contributed by atoms with Gasteiger partial charge in [-0.15, -0.1) is 0 Å². The molecule has 2 aliphatic rings. The van der Waals surface area contributed by atoms with E-state index in [4.69, 9.17) is 14.2 Å². The van der Waals surface area contributed by atoms with Crippen molar-refractivity contribution in [2.45, 2.75) is 30.8 Å². The molecule has 0 radical (unpaired) electrons. The Kier molecular flexibility index (Phi) is 5.50. The molecule has 0 bridgehead atoms. The summed E-state index contributed by atoms with van der Waals surface area (Å²) in [4.78, 5) is 12.3. The van der Waals surface area contributed by atoms with Crippen LogP contribution in [0.2, 0.25) is 0 Å². The summed E-state index contributed by atoms with van der Waals surface area (Å²) in [5.41, 5.74) is -0.693. The van der Waals surface area contributed by atoms with Gasteiger partial charge < -0.3 is 14.2 Å². The first-order valence-corrected chi connectivity index (χ1v) is 9.95. The van der Waals surface area contributed by atoms with E-state index in [-0.39, 0.29) is 25.0 Å². The van der Waals surface area contributed by atoms with Gasteiger partial charge in [0.1, 0.15) is 16.9 Å². The molecule has 1 atom stereocenters. The zero-order chi connectivity index (χ0) is 19.7. The van der Waals surface area contributed by atoms with Crippen LogP contribution >= 0.6 is 0 Å². The highest BCUT2D eigenvalue weighted by Gasteiger charge is 2.46. The standard InChI is InChI=1S/C17H19F2NO6S/c1-2-24-16(21)12-10-17(25-7-8-26-17)6-5-15(12)27(22,23)20-14-9-11(18)3-4-13(14)19/h3-4,9-10,15,20H,2,5-8H2,1H3. The molecule has 1 spiro atoms. The van der Waals surface area contributed by atoms with Crippen LogP contribution in [-0.2, 0) is 29.0 Å². The lowest BCUT2D eigenvalue weighted by atomic mass is 9.94. The van der Waals surface area contributed by atoms with Gasteiger partial charge in [-0.2, -0.15) is 0 Å². The van der Waals surface area contributed by atoms with Crippen LogP contribution in [-0.4, -0.2) is 45.2 Å². The van der Waals surface area contributed by atoms with Gasteiger partial charge in [-0.3, -0.25) is 4.72 Å². The summed E-state index contributed by atoms with van der Waals surface area (Å²) >= 11 is 0. The van der Waals surface area contributed by atoms with E-state index >= 15 is 0 Å². The number of hydrogen-bond donors (Lipinski definition) is 1. The maximum Gasteiger partial charge on any atom is 0.335 e. The summed E-state index contributed by atoms with van der Waals surface area (Å²) in [5, 5.41) is -1.32. The highest BCUT2D eigenvalue weighted by Crippen LogP contribution is 2.37. The quantitative estimate of drug-likeness (QED) is 0.758. The second-order valence-corrected chi connectivity index (χ2v) is 7.99. The Hall–Kier alpha value is -2.04. The number of benzene rings is 1. The molecule has 0 aromatic heterocycles. The van der Waals surface area contributed by atoms with Gasteiger partial charge in [0.25, 0.3) is 0 Å². The summed E-state index contributed by atoms with van der Waals surface area (Å²) in [6.45, 7) is 2.26. The van der Waals surface area contributed by atoms with Gasteiger partial charge in [0, 0.05) is 12.5 Å². The highest BCUT2D eigenvalue weighted by molar-refractivity contribution is 7.93. The minimum atomic E-state index is -4.27. The maximum absolute atomic E-state index is 13.8. The molecule has 0 amide bonds. The van der Waals surface area contributed by atoms with Crippen molar-refractivity contribution in [1.82, 2.24) is 0 Å². The van der Waals surface area contributed by atoms with Gasteiger partial charge >= 0.3 is 5.97 Å². The third-order valence-electron chi connectivity index (χ3n) is 4.32. The summed E-state index contributed by atoms with van der Waals surface area (Å²) < 4.78 is 70.8. The van der Waals surface area contributed by atoms with Gasteiger partial charge in [-0.1, -0.05) is 0 Å². The van der Waals surface area contributed by atoms with Crippen molar-refractivity contribution in [2.24, 2.45) is 0 Å². The molecular formula is C17H19F2NO6S. The molecule has 7 nitrogen and oxygen atoms in total. The van der Waals surface area contributed by atoms with E-state index in [1.54, 1.807) is 6.92 Å². The second-order valence-electron chi connectivity index (χ2n) is 6.13. The molecule has 1 aromatic rings. The lowest BCUT2D eigenvalue weighted by Crippen LogP contribution is -2.42. The number of sulfonamides is 1. The van der Waals surface area contributed by atoms with Crippen molar-refractivity contribution < 1.29 is 36.2 Å². The number of carbonyl (C=O) groups is 1. The fourth-order valence-electron chi connectivity index (χ4n) is 3.12. The molecule has 148 valence electrons. The van der Waals surface area contributed by atoms with E-state index in [1.807, 2.05) is 4.72 Å². The van der Waals surface area contributed by atoms with E-state index in [9.17, 15) is 22.0 Å². The van der Waals surface area contributed by atoms with Crippen molar-refractivity contribution in [2.75, 3.05) is 24.5 Å². The van der Waals surface area contributed by atoms with Crippen LogP contribution in [0.25, 0.3) is 0 Å². The number of rotatable bonds is 5. The first-order chi connectivity index (χ1) is 12.8. The van der Waals surface area contributed by atoms with Gasteiger partial charge in [0.2, 0.25) is 10.0 Å². The Bertz CT molecular complexity index is 864. The smallest absolute Gasteiger partial charge is 0.335 e. The van der Waals surface area contributed by atoms with Crippen LogP contribution < -0.4 is 4.72 Å². The van der Waals surface area contributed by atoms with E-state index in [0.717, 1.165) is 18.2 Å². The van der Waals surface area contributed by atoms with Crippen LogP contribution in [0, 0.1) is 11.6 Å². The Balaban J connectivity index is 1.94. The summed E-state index contributed by atoms with van der Waals surface area (Å²) in [7, 11) is -4.27. The predicted octanol–water partition coefficient (Wildman–Crippen LogP) is 2.10. The highest BCUT2D eigenvalue weighted by atomic mass is 32.2. The van der Waals surface area contributed by atoms with Crippen molar-refractivity contribution in [3.63, 3.8) is 0 Å². The normalized spacial score (nSPS) is 21.7. The molecule has 1 saturated heterocycles. The molecule has 10 heteroatoms. The van der Waals surface area contributed by atoms with Gasteiger partial charge in [-0.25, -0.2) is 22.0 Å². The van der Waals surface area contributed by atoms with Crippen molar-refractivity contribution in [3.05, 3.63) is 41.5 Å². The van der Waals surface area contributed by atoms with Crippen LogP contribution in [0.3, 0.4) is 0 Å². The monoisotopic (exact) mass is 403 g/mol. The molecule has 1 N–H and O–H groups in total. The third-order valence-corrected chi connectivity index (χ3v) is 6.06. The molecule has 1 aromatic carbocycles. The number of halogens is 2. The molecule has 1 aliphatic carbocycles. The fourth-order valence-corrected chi connectivity index (χ4v) is 4.65. The SMILES string of the molecule is CCOC(=O)C1=CC2(CCC1S(=O)(=O)Nc1cc(F)ccc1F)OCCO2. The number of carbonyl (C=O) groups excluding carboxylic acids is 1. The van der Waals surface area contributed by atoms with E-state index in [2.05, 4.69) is 0 Å². The van der Waals surface area contributed by atoms with Gasteiger partial charge in [0.15, 0.2) is 5.79 Å². The molecule has 0 saturated carbocycles. The number of anilines is 1. The van der Waals surface area contributed by atoms with Crippen LogP contribution in [0.5, 0.6) is 0 Å². The third kappa shape index (κ3) is 4.12. The van der Waals surface area contributed by atoms with E-state index in [0.29, 0.717) is 13.2 Å². The van der Waals surface area contributed by atoms with Crippen LogP contribution in [0.4, 0.5) is 14.5 Å².